The highest BCUT2D eigenvalue weighted by Gasteiger charge is 2.30. The zero-order valence-electron chi connectivity index (χ0n) is 16.6. The second-order valence-electron chi connectivity index (χ2n) is 7.67. The summed E-state index contributed by atoms with van der Waals surface area (Å²) in [6.45, 7) is 0.0312. The van der Waals surface area contributed by atoms with Gasteiger partial charge in [0.15, 0.2) is 0 Å². The summed E-state index contributed by atoms with van der Waals surface area (Å²) in [5.74, 6) is 0.457. The third kappa shape index (κ3) is 4.99. The molecule has 1 amide bonds. The molecule has 0 spiro atoms. The van der Waals surface area contributed by atoms with Crippen LogP contribution in [0.15, 0.2) is 48.8 Å². The Hall–Kier alpha value is -3.07. The number of fused-ring (bicyclic) bond motifs is 1. The summed E-state index contributed by atoms with van der Waals surface area (Å²) in [6, 6.07) is 9.26. The first-order valence-electron chi connectivity index (χ1n) is 10.1. The number of aliphatic hydroxyl groups is 1. The van der Waals surface area contributed by atoms with Gasteiger partial charge in [0, 0.05) is 6.07 Å². The molecule has 0 unspecified atom stereocenters. The van der Waals surface area contributed by atoms with Crippen molar-refractivity contribution in [3.05, 3.63) is 54.4 Å². The normalized spacial score (nSPS) is 19.4. The Labute approximate surface area is 176 Å². The molecule has 0 saturated heterocycles. The number of carbonyl (C=O) groups excluding carboxylic acids is 1. The largest absolute Gasteiger partial charge is 0.457 e. The van der Waals surface area contributed by atoms with Crippen LogP contribution in [0.2, 0.25) is 0 Å². The molecule has 0 aliphatic heterocycles. The molecule has 4 rings (SSSR count). The Morgan fingerprint density at radius 1 is 1.13 bits per heavy atom. The van der Waals surface area contributed by atoms with Gasteiger partial charge in [0.25, 0.3) is 0 Å². The molecule has 0 radical (unpaired) electrons. The smallest absolute Gasteiger partial charge is 0.416 e. The Balaban J connectivity index is 1.46. The van der Waals surface area contributed by atoms with Crippen molar-refractivity contribution in [1.82, 2.24) is 14.9 Å². The molecule has 1 fully saturated rings. The zero-order chi connectivity index (χ0) is 22.0. The van der Waals surface area contributed by atoms with Crippen molar-refractivity contribution in [2.75, 3.05) is 0 Å². The molecular weight excluding hydrogens is 411 g/mol. The maximum atomic E-state index is 12.7. The van der Waals surface area contributed by atoms with Crippen molar-refractivity contribution < 1.29 is 27.8 Å². The van der Waals surface area contributed by atoms with E-state index in [0.29, 0.717) is 23.2 Å². The van der Waals surface area contributed by atoms with Crippen LogP contribution in [-0.4, -0.2) is 32.7 Å². The Morgan fingerprint density at radius 3 is 2.55 bits per heavy atom. The fourth-order valence-corrected chi connectivity index (χ4v) is 3.76. The van der Waals surface area contributed by atoms with E-state index in [1.807, 2.05) is 0 Å². The van der Waals surface area contributed by atoms with Crippen LogP contribution in [-0.2, 0) is 17.5 Å². The lowest BCUT2D eigenvalue weighted by atomic mass is 9.92. The van der Waals surface area contributed by atoms with Crippen molar-refractivity contribution in [3.8, 4) is 11.5 Å². The average molecular weight is 433 g/mol. The fourth-order valence-electron chi connectivity index (χ4n) is 3.76. The van der Waals surface area contributed by atoms with Gasteiger partial charge in [0.05, 0.1) is 35.1 Å². The van der Waals surface area contributed by atoms with E-state index >= 15 is 0 Å². The third-order valence-electron chi connectivity index (χ3n) is 5.40. The van der Waals surface area contributed by atoms with Crippen molar-refractivity contribution in [1.29, 1.82) is 0 Å². The number of carbonyl (C=O) groups is 1. The number of hydrogen-bond donors (Lipinski definition) is 2. The van der Waals surface area contributed by atoms with Crippen LogP contribution in [0.1, 0.15) is 31.2 Å². The van der Waals surface area contributed by atoms with E-state index in [1.165, 1.54) is 12.1 Å². The minimum atomic E-state index is -4.40. The Bertz CT molecular complexity index is 1060. The highest BCUT2D eigenvalue weighted by Crippen LogP contribution is 2.32. The van der Waals surface area contributed by atoms with Gasteiger partial charge < -0.3 is 19.7 Å². The van der Waals surface area contributed by atoms with E-state index < -0.39 is 17.8 Å². The summed E-state index contributed by atoms with van der Waals surface area (Å²) in [7, 11) is 0. The quantitative estimate of drug-likeness (QED) is 0.630. The van der Waals surface area contributed by atoms with Gasteiger partial charge in [-0.15, -0.1) is 0 Å². The van der Waals surface area contributed by atoms with Crippen LogP contribution in [0, 0.1) is 0 Å². The molecule has 2 aromatic carbocycles. The number of nitrogens with zero attached hydrogens (tertiary/aromatic N) is 2. The van der Waals surface area contributed by atoms with E-state index in [4.69, 9.17) is 4.74 Å². The second kappa shape index (κ2) is 8.58. The highest BCUT2D eigenvalue weighted by molar-refractivity contribution is 5.81. The molecule has 31 heavy (non-hydrogen) atoms. The summed E-state index contributed by atoms with van der Waals surface area (Å²) in [6.07, 6.45) is -0.0170. The lowest BCUT2D eigenvalue weighted by molar-refractivity contribution is -0.137. The van der Waals surface area contributed by atoms with Gasteiger partial charge in [0.1, 0.15) is 18.0 Å². The van der Waals surface area contributed by atoms with E-state index in [0.717, 1.165) is 31.4 Å². The number of halogens is 3. The summed E-state index contributed by atoms with van der Waals surface area (Å²) in [5, 5.41) is 12.9. The van der Waals surface area contributed by atoms with Crippen LogP contribution >= 0.6 is 0 Å². The fraction of sp³-hybridized carbons (Fsp3) is 0.364. The molecule has 2 atom stereocenters. The Morgan fingerprint density at radius 2 is 1.84 bits per heavy atom. The van der Waals surface area contributed by atoms with Crippen molar-refractivity contribution >= 4 is 16.9 Å². The first-order valence-corrected chi connectivity index (χ1v) is 10.1. The van der Waals surface area contributed by atoms with Crippen LogP contribution in [0.5, 0.6) is 11.5 Å². The maximum Gasteiger partial charge on any atom is 0.416 e. The standard InChI is InChI=1S/C22H22F3N3O3/c23-22(24,25)14-5-7-15(8-6-14)31-16-9-10-17-19(11-16)28(13-26-17)12-21(30)27-18-3-1-2-4-20(18)29/h5-11,13,18,20,29H,1-4,12H2,(H,27,30)/t18-,20-/m0/s1. The first kappa shape index (κ1) is 21.2. The van der Waals surface area contributed by atoms with Crippen LogP contribution in [0.3, 0.4) is 0 Å². The van der Waals surface area contributed by atoms with Gasteiger partial charge >= 0.3 is 6.18 Å². The molecule has 1 aliphatic carbocycles. The topological polar surface area (TPSA) is 76.4 Å². The number of alkyl halides is 3. The third-order valence-corrected chi connectivity index (χ3v) is 5.40. The Kier molecular flexibility index (Phi) is 5.86. The number of aromatic nitrogens is 2. The van der Waals surface area contributed by atoms with Crippen molar-refractivity contribution in [2.45, 2.75) is 50.6 Å². The summed E-state index contributed by atoms with van der Waals surface area (Å²) >= 11 is 0. The number of aliphatic hydroxyl groups excluding tert-OH is 1. The summed E-state index contributed by atoms with van der Waals surface area (Å²) < 4.78 is 45.5. The molecule has 1 aromatic heterocycles. The van der Waals surface area contributed by atoms with Gasteiger partial charge in [-0.2, -0.15) is 13.2 Å². The first-order chi connectivity index (χ1) is 14.8. The molecule has 0 bridgehead atoms. The lowest BCUT2D eigenvalue weighted by Crippen LogP contribution is -2.46. The minimum absolute atomic E-state index is 0.0312. The molecule has 3 aromatic rings. The van der Waals surface area contributed by atoms with Crippen LogP contribution < -0.4 is 10.1 Å². The zero-order valence-corrected chi connectivity index (χ0v) is 16.6. The molecule has 1 saturated carbocycles. The molecule has 2 N–H and O–H groups in total. The monoisotopic (exact) mass is 433 g/mol. The van der Waals surface area contributed by atoms with E-state index in [9.17, 15) is 23.1 Å². The number of hydrogen-bond acceptors (Lipinski definition) is 4. The molecule has 6 nitrogen and oxygen atoms in total. The number of amides is 1. The van der Waals surface area contributed by atoms with Gasteiger partial charge in [0.2, 0.25) is 5.91 Å². The number of nitrogens with one attached hydrogen (secondary N) is 1. The van der Waals surface area contributed by atoms with Gasteiger partial charge in [-0.25, -0.2) is 4.98 Å². The van der Waals surface area contributed by atoms with Gasteiger partial charge in [-0.1, -0.05) is 12.8 Å². The van der Waals surface area contributed by atoms with Crippen LogP contribution in [0.25, 0.3) is 11.0 Å². The SMILES string of the molecule is O=C(Cn1cnc2ccc(Oc3ccc(C(F)(F)F)cc3)cc21)N[C@H]1CCCC[C@@H]1O. The van der Waals surface area contributed by atoms with Crippen molar-refractivity contribution in [2.24, 2.45) is 0 Å². The number of imidazole rings is 1. The molecule has 1 heterocycles. The van der Waals surface area contributed by atoms with E-state index in [2.05, 4.69) is 10.3 Å². The summed E-state index contributed by atoms with van der Waals surface area (Å²) in [5.41, 5.74) is 0.566. The predicted molar refractivity (Wildman–Crippen MR) is 108 cm³/mol. The number of rotatable bonds is 5. The highest BCUT2D eigenvalue weighted by atomic mass is 19.4. The second-order valence-corrected chi connectivity index (χ2v) is 7.67. The predicted octanol–water partition coefficient (Wildman–Crippen LogP) is 4.27. The number of benzene rings is 2. The van der Waals surface area contributed by atoms with Gasteiger partial charge in [-0.3, -0.25) is 4.79 Å². The molecule has 164 valence electrons. The van der Waals surface area contributed by atoms with E-state index in [1.54, 1.807) is 29.1 Å². The molecular formula is C22H22F3N3O3. The van der Waals surface area contributed by atoms with Crippen LogP contribution in [0.4, 0.5) is 13.2 Å². The molecule has 9 heteroatoms. The number of ether oxygens (including phenoxy) is 1. The minimum Gasteiger partial charge on any atom is -0.457 e. The average Bonchev–Trinajstić information content (AvgIpc) is 3.11. The summed E-state index contributed by atoms with van der Waals surface area (Å²) in [4.78, 5) is 16.7. The lowest BCUT2D eigenvalue weighted by Gasteiger charge is -2.28. The van der Waals surface area contributed by atoms with E-state index in [-0.39, 0.29) is 24.2 Å². The van der Waals surface area contributed by atoms with Crippen molar-refractivity contribution in [3.63, 3.8) is 0 Å². The molecule has 1 aliphatic rings. The van der Waals surface area contributed by atoms with Gasteiger partial charge in [-0.05, 0) is 49.2 Å². The maximum absolute atomic E-state index is 12.7.